The number of aliphatic hydroxyl groups is 2. The van der Waals surface area contributed by atoms with Gasteiger partial charge < -0.3 is 24.9 Å². The number of ether oxygens (including phenoxy) is 1. The fourth-order valence-electron chi connectivity index (χ4n) is 7.23. The van der Waals surface area contributed by atoms with Crippen molar-refractivity contribution in [1.82, 2.24) is 0 Å². The van der Waals surface area contributed by atoms with Crippen LogP contribution in [0.5, 0.6) is 0 Å². The van der Waals surface area contributed by atoms with E-state index < -0.39 is 30.1 Å². The number of esters is 2. The average Bonchev–Trinajstić information content (AvgIpc) is 3.12. The van der Waals surface area contributed by atoms with Gasteiger partial charge >= 0.3 is 11.9 Å². The van der Waals surface area contributed by atoms with Gasteiger partial charge in [-0.05, 0) is 28.8 Å². The molecule has 3 aliphatic rings. The van der Waals surface area contributed by atoms with Crippen LogP contribution in [0, 0.1) is 0 Å². The molecule has 0 radical (unpaired) electrons. The molecule has 1 aromatic heterocycles. The maximum absolute atomic E-state index is 11.4. The van der Waals surface area contributed by atoms with Crippen molar-refractivity contribution in [2.75, 3.05) is 0 Å². The zero-order chi connectivity index (χ0) is 33.2. The Labute approximate surface area is 272 Å². The predicted octanol–water partition coefficient (Wildman–Crippen LogP) is 3.41. The number of hydrogen-bond acceptors (Lipinski definition) is 7. The molecule has 3 heterocycles. The van der Waals surface area contributed by atoms with E-state index in [0.29, 0.717) is 0 Å². The summed E-state index contributed by atoms with van der Waals surface area (Å²) in [6, 6.07) is 45.5. The maximum atomic E-state index is 11.4. The molecule has 5 aromatic rings. The molecule has 0 saturated heterocycles. The lowest BCUT2D eigenvalue weighted by atomic mass is 9.50. The molecule has 0 spiro atoms. The van der Waals surface area contributed by atoms with E-state index >= 15 is 0 Å². The molecule has 2 N–H and O–H groups in total. The second kappa shape index (κ2) is 12.7. The first-order valence-corrected chi connectivity index (χ1v) is 15.3. The average molecular weight is 628 g/mol. The molecule has 2 aliphatic heterocycles. The first kappa shape index (κ1) is 31.5. The van der Waals surface area contributed by atoms with E-state index in [1.54, 1.807) is 6.07 Å². The molecule has 8 heteroatoms. The van der Waals surface area contributed by atoms with E-state index in [2.05, 4.69) is 126 Å². The Hall–Kier alpha value is -5.44. The highest BCUT2D eigenvalue weighted by Gasteiger charge is 2.64. The number of benzene rings is 4. The van der Waals surface area contributed by atoms with Crippen molar-refractivity contribution in [2.45, 2.75) is 42.4 Å². The molecular weight excluding hydrogens is 594 g/mol. The molecular formula is C39H33NO7. The van der Waals surface area contributed by atoms with Crippen molar-refractivity contribution in [2.24, 2.45) is 0 Å². The van der Waals surface area contributed by atoms with Gasteiger partial charge in [-0.25, -0.2) is 9.59 Å². The standard InChI is InChI=1S/C28H24N.C11H10O7/c1-27-20-28(21-12-4-2-5-13-21,22-14-6-3-7-15-22)26(23-16-8-9-17-24(23)27)25-18-10-11-19-29(25)27;12-7(9(14)15)8(13)11(17)18-10(16)6-4-2-1-3-5-6/h2-19,26H,20H2,1H3;1-5,7-8,12-13H,(H,14,15)/q+1;/p-1/t;7-,8-/m.0/s1. The minimum Gasteiger partial charge on any atom is -0.547 e. The van der Waals surface area contributed by atoms with Crippen LogP contribution in [0.2, 0.25) is 0 Å². The molecule has 0 saturated carbocycles. The molecule has 0 amide bonds. The van der Waals surface area contributed by atoms with E-state index in [1.165, 1.54) is 52.2 Å². The molecule has 4 atom stereocenters. The minimum absolute atomic E-state index is 0.0426. The number of pyridine rings is 1. The molecule has 8 rings (SSSR count). The van der Waals surface area contributed by atoms with Crippen molar-refractivity contribution in [3.63, 3.8) is 0 Å². The van der Waals surface area contributed by atoms with Crippen LogP contribution < -0.4 is 9.67 Å². The van der Waals surface area contributed by atoms with Gasteiger partial charge in [0.1, 0.15) is 6.10 Å². The number of rotatable bonds is 6. The molecule has 2 unspecified atom stereocenters. The van der Waals surface area contributed by atoms with E-state index in [-0.39, 0.29) is 22.4 Å². The number of fused-ring (bicyclic) bond motifs is 1. The third-order valence-corrected chi connectivity index (χ3v) is 9.25. The molecule has 47 heavy (non-hydrogen) atoms. The Morgan fingerprint density at radius 3 is 1.87 bits per heavy atom. The van der Waals surface area contributed by atoms with E-state index in [1.807, 2.05) is 0 Å². The van der Waals surface area contributed by atoms with Crippen LogP contribution in [-0.4, -0.2) is 40.3 Å². The second-order valence-corrected chi connectivity index (χ2v) is 12.0. The van der Waals surface area contributed by atoms with Gasteiger partial charge in [-0.15, -0.1) is 0 Å². The van der Waals surface area contributed by atoms with Gasteiger partial charge in [0, 0.05) is 36.5 Å². The fourth-order valence-corrected chi connectivity index (χ4v) is 7.23. The summed E-state index contributed by atoms with van der Waals surface area (Å²) in [5, 5.41) is 28.1. The summed E-state index contributed by atoms with van der Waals surface area (Å²) < 4.78 is 6.72. The number of aliphatic carboxylic acids is 1. The second-order valence-electron chi connectivity index (χ2n) is 12.0. The Bertz CT molecular complexity index is 1820. The van der Waals surface area contributed by atoms with Gasteiger partial charge in [0.2, 0.25) is 0 Å². The Morgan fingerprint density at radius 1 is 0.745 bits per heavy atom. The molecule has 8 nitrogen and oxygen atoms in total. The van der Waals surface area contributed by atoms with Gasteiger partial charge in [-0.1, -0.05) is 109 Å². The van der Waals surface area contributed by atoms with E-state index in [9.17, 15) is 19.5 Å². The topological polar surface area (TPSA) is 128 Å². The Kier molecular flexibility index (Phi) is 8.56. The number of carbonyl (C=O) groups is 3. The maximum Gasteiger partial charge on any atom is 0.346 e. The molecule has 236 valence electrons. The number of carboxylic acids is 1. The van der Waals surface area contributed by atoms with Crippen LogP contribution >= 0.6 is 0 Å². The summed E-state index contributed by atoms with van der Waals surface area (Å²) in [5.74, 6) is -4.40. The Morgan fingerprint density at radius 2 is 1.28 bits per heavy atom. The van der Waals surface area contributed by atoms with Crippen molar-refractivity contribution >= 4 is 17.9 Å². The van der Waals surface area contributed by atoms with Crippen LogP contribution in [0.15, 0.2) is 140 Å². The number of carboxylic acid groups (broad SMARTS) is 1. The van der Waals surface area contributed by atoms with Gasteiger partial charge in [0.25, 0.3) is 0 Å². The smallest absolute Gasteiger partial charge is 0.346 e. The van der Waals surface area contributed by atoms with Crippen LogP contribution in [0.3, 0.4) is 0 Å². The SMILES string of the molecule is CC12CC(c3ccccc3)(c3ccccc3)C(c3ccccc31)c1cccc[n+]12.O=C(OC(=O)[C@@H](O)[C@H](O)C(=O)[O-])c1ccccc1. The monoisotopic (exact) mass is 627 g/mol. The minimum atomic E-state index is -2.46. The summed E-state index contributed by atoms with van der Waals surface area (Å²) in [7, 11) is 0. The van der Waals surface area contributed by atoms with Crippen molar-refractivity contribution < 1.29 is 39.0 Å². The summed E-state index contributed by atoms with van der Waals surface area (Å²) in [4.78, 5) is 32.7. The number of carbonyl (C=O) groups excluding carboxylic acids is 3. The lowest BCUT2D eigenvalue weighted by Crippen LogP contribution is -2.69. The predicted molar refractivity (Wildman–Crippen MR) is 170 cm³/mol. The molecule has 0 fully saturated rings. The van der Waals surface area contributed by atoms with Crippen LogP contribution in [-0.2, 0) is 25.3 Å². The zero-order valence-corrected chi connectivity index (χ0v) is 25.6. The lowest BCUT2D eigenvalue weighted by molar-refractivity contribution is -0.769. The van der Waals surface area contributed by atoms with Crippen molar-refractivity contribution in [3.8, 4) is 0 Å². The van der Waals surface area contributed by atoms with Gasteiger partial charge in [-0.2, -0.15) is 4.57 Å². The number of aromatic nitrogens is 1. The first-order valence-electron chi connectivity index (χ1n) is 15.3. The highest BCUT2D eigenvalue weighted by atomic mass is 16.6. The molecule has 1 aliphatic carbocycles. The summed E-state index contributed by atoms with van der Waals surface area (Å²) in [6.07, 6.45) is -1.51. The highest BCUT2D eigenvalue weighted by molar-refractivity contribution is 5.98. The number of nitrogens with zero attached hydrogens (tertiary/aromatic N) is 1. The third kappa shape index (κ3) is 5.52. The first-order chi connectivity index (χ1) is 22.7. The fraction of sp³-hybridized carbons (Fsp3) is 0.179. The van der Waals surface area contributed by atoms with E-state index in [0.717, 1.165) is 6.42 Å². The number of hydrogen-bond donors (Lipinski definition) is 2. The van der Waals surface area contributed by atoms with Crippen LogP contribution in [0.4, 0.5) is 0 Å². The normalized spacial score (nSPS) is 19.5. The third-order valence-electron chi connectivity index (χ3n) is 9.25. The summed E-state index contributed by atoms with van der Waals surface area (Å²) in [5.41, 5.74) is 7.03. The summed E-state index contributed by atoms with van der Waals surface area (Å²) >= 11 is 0. The van der Waals surface area contributed by atoms with Crippen molar-refractivity contribution in [1.29, 1.82) is 0 Å². The highest BCUT2D eigenvalue weighted by Crippen LogP contribution is 2.61. The van der Waals surface area contributed by atoms with E-state index in [4.69, 9.17) is 10.2 Å². The number of aliphatic hydroxyl groups excluding tert-OH is 2. The van der Waals surface area contributed by atoms with Crippen LogP contribution in [0.25, 0.3) is 0 Å². The zero-order valence-electron chi connectivity index (χ0n) is 25.6. The van der Waals surface area contributed by atoms with Gasteiger partial charge in [0.05, 0.1) is 17.5 Å². The van der Waals surface area contributed by atoms with Gasteiger partial charge in [0.15, 0.2) is 23.5 Å². The molecule has 4 aromatic carbocycles. The molecule has 2 bridgehead atoms. The van der Waals surface area contributed by atoms with Crippen molar-refractivity contribution in [3.05, 3.63) is 173 Å². The lowest BCUT2D eigenvalue weighted by Gasteiger charge is -2.53. The largest absolute Gasteiger partial charge is 0.547 e. The van der Waals surface area contributed by atoms with Crippen LogP contribution in [0.1, 0.15) is 57.6 Å². The Balaban J connectivity index is 0.000000186. The summed E-state index contributed by atoms with van der Waals surface area (Å²) in [6.45, 7) is 2.42. The van der Waals surface area contributed by atoms with Gasteiger partial charge in [-0.3, -0.25) is 0 Å². The quantitative estimate of drug-likeness (QED) is 0.168.